The van der Waals surface area contributed by atoms with Crippen LogP contribution in [0.3, 0.4) is 0 Å². The van der Waals surface area contributed by atoms with Gasteiger partial charge >= 0.3 is 0 Å². The van der Waals surface area contributed by atoms with E-state index >= 15 is 0 Å². The van der Waals surface area contributed by atoms with Gasteiger partial charge in [-0.15, -0.1) is 6.58 Å². The summed E-state index contributed by atoms with van der Waals surface area (Å²) in [6, 6.07) is 46.7. The van der Waals surface area contributed by atoms with E-state index in [0.717, 1.165) is 22.3 Å². The lowest BCUT2D eigenvalue weighted by molar-refractivity contribution is -0.437. The zero-order valence-corrected chi connectivity index (χ0v) is 35.2. The van der Waals surface area contributed by atoms with Crippen LogP contribution < -0.4 is 4.74 Å². The van der Waals surface area contributed by atoms with Gasteiger partial charge in [-0.05, 0) is 47.7 Å². The molecule has 2 heterocycles. The molecule has 0 unspecified atom stereocenters. The lowest BCUT2D eigenvalue weighted by Crippen LogP contribution is -2.76. The number of rotatable bonds is 19. The van der Waals surface area contributed by atoms with E-state index in [-0.39, 0.29) is 39.3 Å². The lowest BCUT2D eigenvalue weighted by atomic mass is 9.73. The molecule has 2 fully saturated rings. The molecule has 322 valence electrons. The van der Waals surface area contributed by atoms with Gasteiger partial charge in [-0.25, -0.2) is 0 Å². The number of hydrogen-bond donors (Lipinski definition) is 2. The molecule has 10 nitrogen and oxygen atoms in total. The van der Waals surface area contributed by atoms with Crippen molar-refractivity contribution in [3.63, 3.8) is 0 Å². The van der Waals surface area contributed by atoms with E-state index in [1.165, 1.54) is 0 Å². The van der Waals surface area contributed by atoms with Crippen LogP contribution in [0.1, 0.15) is 48.1 Å². The molecular formula is C51H58O10. The predicted octanol–water partition coefficient (Wildman–Crippen LogP) is 8.12. The molecule has 2 aliphatic heterocycles. The second kappa shape index (κ2) is 20.9. The van der Waals surface area contributed by atoms with E-state index in [1.54, 1.807) is 13.2 Å². The second-order valence-corrected chi connectivity index (χ2v) is 15.8. The van der Waals surface area contributed by atoms with Crippen LogP contribution in [0, 0.1) is 0 Å². The smallest absolute Gasteiger partial charge is 0.204 e. The van der Waals surface area contributed by atoms with Gasteiger partial charge in [0.2, 0.25) is 5.79 Å². The van der Waals surface area contributed by atoms with Crippen LogP contribution in [0.4, 0.5) is 0 Å². The van der Waals surface area contributed by atoms with E-state index in [4.69, 9.17) is 37.9 Å². The largest absolute Gasteiger partial charge is 0.496 e. The molecule has 0 aliphatic carbocycles. The molecule has 61 heavy (non-hydrogen) atoms. The van der Waals surface area contributed by atoms with Crippen molar-refractivity contribution in [2.45, 2.75) is 114 Å². The van der Waals surface area contributed by atoms with Crippen molar-refractivity contribution in [1.82, 2.24) is 0 Å². The van der Waals surface area contributed by atoms with Gasteiger partial charge in [0.15, 0.2) is 11.9 Å². The highest BCUT2D eigenvalue weighted by Crippen LogP contribution is 2.49. The van der Waals surface area contributed by atoms with Crippen LogP contribution in [0.15, 0.2) is 158 Å². The summed E-state index contributed by atoms with van der Waals surface area (Å²) < 4.78 is 53.4. The fourth-order valence-electron chi connectivity index (χ4n) is 8.44. The minimum atomic E-state index is -2.04. The average molecular weight is 831 g/mol. The molecule has 0 radical (unpaired) electrons. The summed E-state index contributed by atoms with van der Waals surface area (Å²) in [5.41, 5.74) is 2.36. The van der Waals surface area contributed by atoms with Gasteiger partial charge in [0.1, 0.15) is 36.3 Å². The first kappa shape index (κ1) is 44.3. The Balaban J connectivity index is 1.33. The Labute approximate surface area is 359 Å². The normalized spacial score (nSPS) is 28.9. The molecule has 0 spiro atoms. The second-order valence-electron chi connectivity index (χ2n) is 15.8. The summed E-state index contributed by atoms with van der Waals surface area (Å²) >= 11 is 0. The molecule has 2 N–H and O–H groups in total. The molecule has 2 saturated heterocycles. The van der Waals surface area contributed by atoms with Gasteiger partial charge in [0.25, 0.3) is 0 Å². The molecule has 0 amide bonds. The zero-order valence-electron chi connectivity index (χ0n) is 35.2. The maximum Gasteiger partial charge on any atom is 0.204 e. The summed E-state index contributed by atoms with van der Waals surface area (Å²) in [6.45, 7) is 8.66. The van der Waals surface area contributed by atoms with Crippen molar-refractivity contribution in [3.05, 3.63) is 186 Å². The molecule has 10 atom stereocenters. The van der Waals surface area contributed by atoms with Gasteiger partial charge in [-0.2, -0.15) is 0 Å². The van der Waals surface area contributed by atoms with Crippen molar-refractivity contribution >= 4 is 0 Å². The Morgan fingerprint density at radius 2 is 1.05 bits per heavy atom. The highest BCUT2D eigenvalue weighted by atomic mass is 16.8. The number of benzene rings is 5. The Morgan fingerprint density at radius 1 is 0.590 bits per heavy atom. The molecule has 2 aliphatic rings. The molecule has 7 rings (SSSR count). The number of ether oxygens (including phenoxy) is 8. The fraction of sp³-hybridized carbons (Fsp3) is 0.373. The highest BCUT2D eigenvalue weighted by molar-refractivity contribution is 5.36. The quantitative estimate of drug-likeness (QED) is 0.0792. The summed E-state index contributed by atoms with van der Waals surface area (Å²) in [5.74, 6) is -1.38. The first-order valence-corrected chi connectivity index (χ1v) is 21.0. The van der Waals surface area contributed by atoms with Crippen molar-refractivity contribution in [2.24, 2.45) is 0 Å². The molecular weight excluding hydrogens is 773 g/mol. The number of hydrogen-bond acceptors (Lipinski definition) is 10. The van der Waals surface area contributed by atoms with E-state index in [0.29, 0.717) is 11.3 Å². The zero-order chi connectivity index (χ0) is 42.7. The Morgan fingerprint density at radius 3 is 1.56 bits per heavy atom. The van der Waals surface area contributed by atoms with E-state index in [1.807, 2.05) is 159 Å². The third-order valence-corrected chi connectivity index (χ3v) is 11.5. The summed E-state index contributed by atoms with van der Waals surface area (Å²) in [6.07, 6.45) is -6.02. The number of methoxy groups -OCH3 is 1. The van der Waals surface area contributed by atoms with Gasteiger partial charge in [0, 0.05) is 12.8 Å². The van der Waals surface area contributed by atoms with E-state index in [9.17, 15) is 10.2 Å². The van der Waals surface area contributed by atoms with Gasteiger partial charge in [-0.3, -0.25) is 0 Å². The molecule has 0 saturated carbocycles. The van der Waals surface area contributed by atoms with Crippen LogP contribution in [-0.2, 0) is 66.0 Å². The number of aliphatic hydroxyl groups is 2. The fourth-order valence-corrected chi connectivity index (χ4v) is 8.44. The van der Waals surface area contributed by atoms with Crippen molar-refractivity contribution in [1.29, 1.82) is 0 Å². The van der Waals surface area contributed by atoms with Crippen LogP contribution in [0.25, 0.3) is 0 Å². The first-order chi connectivity index (χ1) is 29.7. The summed E-state index contributed by atoms with van der Waals surface area (Å²) in [4.78, 5) is 0. The van der Waals surface area contributed by atoms with Gasteiger partial charge < -0.3 is 48.1 Å². The summed E-state index contributed by atoms with van der Waals surface area (Å²) in [7, 11) is 1.59. The van der Waals surface area contributed by atoms with Crippen LogP contribution in [0.5, 0.6) is 5.75 Å². The van der Waals surface area contributed by atoms with Crippen molar-refractivity contribution < 1.29 is 48.1 Å². The van der Waals surface area contributed by atoms with Gasteiger partial charge in [0.05, 0.1) is 45.7 Å². The Bertz CT molecular complexity index is 2070. The molecule has 5 aromatic rings. The third-order valence-electron chi connectivity index (χ3n) is 11.5. The molecule has 0 bridgehead atoms. The number of para-hydroxylation sites is 1. The van der Waals surface area contributed by atoms with Gasteiger partial charge in [-0.1, -0.05) is 146 Å². The first-order valence-electron chi connectivity index (χ1n) is 21.0. The van der Waals surface area contributed by atoms with Crippen LogP contribution in [0.2, 0.25) is 0 Å². The lowest BCUT2D eigenvalue weighted by Gasteiger charge is -2.59. The summed E-state index contributed by atoms with van der Waals surface area (Å²) in [5, 5.41) is 25.9. The minimum absolute atomic E-state index is 0.0285. The minimum Gasteiger partial charge on any atom is -0.496 e. The highest BCUT2D eigenvalue weighted by Gasteiger charge is 2.67. The van der Waals surface area contributed by atoms with E-state index in [2.05, 4.69) is 6.58 Å². The third kappa shape index (κ3) is 10.5. The van der Waals surface area contributed by atoms with Crippen molar-refractivity contribution in [3.8, 4) is 5.75 Å². The predicted molar refractivity (Wildman–Crippen MR) is 231 cm³/mol. The maximum absolute atomic E-state index is 13.9. The van der Waals surface area contributed by atoms with Crippen LogP contribution in [-0.4, -0.2) is 77.7 Å². The van der Waals surface area contributed by atoms with Crippen LogP contribution >= 0.6 is 0 Å². The molecule has 10 heteroatoms. The SMILES string of the molecule is C=CC[C@@]1(O[C@@H]2[C@H](OCc3ccccc3)[C@@H](OCc3ccccc3)[C@H](C)O[C@H]2O)O[C@@H](C)[C@H](OCc2ccccc2)[C@@H](OCc2ccccc2)[C@]1(O)Cc1ccccc1OC. The molecule has 5 aromatic carbocycles. The molecule has 0 aromatic heterocycles. The van der Waals surface area contributed by atoms with Crippen molar-refractivity contribution in [2.75, 3.05) is 7.11 Å². The monoisotopic (exact) mass is 830 g/mol. The standard InChI is InChI=1S/C51H58O10/c1-5-30-51(61-47-46(57-34-40-24-14-8-15-25-40)44(36(2)59-49(47)52)55-32-38-20-10-6-11-21-38)50(53,31-42-28-18-19-29-43(42)54-4)48(58-35-41-26-16-9-17-27-41)45(37(3)60-51)56-33-39-22-12-7-13-23-39/h5-29,36-37,44-49,52-53H,1,30-35H2,2-4H3/t36-,37-,44-,45-,46+,47+,48+,49+,50+,51-/m0/s1. The number of aliphatic hydroxyl groups excluding tert-OH is 1. The maximum atomic E-state index is 13.9. The Kier molecular flexibility index (Phi) is 15.2. The van der Waals surface area contributed by atoms with E-state index < -0.39 is 60.4 Å². The topological polar surface area (TPSA) is 114 Å². The Hall–Kier alpha value is -4.72. The average Bonchev–Trinajstić information content (AvgIpc) is 3.28.